The number of hydrogen-bond acceptors (Lipinski definition) is 4. The Hall–Kier alpha value is -1.82. The second kappa shape index (κ2) is 5.28. The van der Waals surface area contributed by atoms with Gasteiger partial charge in [0.25, 0.3) is 5.91 Å². The van der Waals surface area contributed by atoms with Gasteiger partial charge in [0.2, 0.25) is 0 Å². The van der Waals surface area contributed by atoms with Crippen molar-refractivity contribution in [1.29, 1.82) is 0 Å². The normalized spacial score (nSPS) is 14.1. The first-order chi connectivity index (χ1) is 9.63. The van der Waals surface area contributed by atoms with E-state index < -0.39 is 0 Å². The SMILES string of the molecule is Cc1nccc(NC(=O)c2cc(Br)cnc2C2CC2)n1. The number of aryl methyl sites for hydroxylation is 1. The van der Waals surface area contributed by atoms with Crippen LogP contribution in [0.3, 0.4) is 0 Å². The van der Waals surface area contributed by atoms with Crippen molar-refractivity contribution in [2.45, 2.75) is 25.7 Å². The molecular formula is C14H13BrN4O. The van der Waals surface area contributed by atoms with Crippen LogP contribution in [0.1, 0.15) is 40.6 Å². The highest BCUT2D eigenvalue weighted by atomic mass is 79.9. The highest BCUT2D eigenvalue weighted by molar-refractivity contribution is 9.10. The van der Waals surface area contributed by atoms with Crippen molar-refractivity contribution in [2.75, 3.05) is 5.32 Å². The lowest BCUT2D eigenvalue weighted by Gasteiger charge is -2.09. The van der Waals surface area contributed by atoms with E-state index in [-0.39, 0.29) is 5.91 Å². The number of carbonyl (C=O) groups is 1. The molecule has 2 heterocycles. The molecule has 0 atom stereocenters. The first-order valence-electron chi connectivity index (χ1n) is 6.40. The second-order valence-electron chi connectivity index (χ2n) is 4.80. The second-order valence-corrected chi connectivity index (χ2v) is 5.72. The molecule has 0 spiro atoms. The molecule has 0 radical (unpaired) electrons. The number of rotatable bonds is 3. The van der Waals surface area contributed by atoms with Crippen molar-refractivity contribution < 1.29 is 4.79 Å². The Morgan fingerprint density at radius 3 is 2.90 bits per heavy atom. The van der Waals surface area contributed by atoms with Crippen molar-refractivity contribution in [1.82, 2.24) is 15.0 Å². The summed E-state index contributed by atoms with van der Waals surface area (Å²) in [7, 11) is 0. The van der Waals surface area contributed by atoms with Crippen molar-refractivity contribution in [2.24, 2.45) is 0 Å². The summed E-state index contributed by atoms with van der Waals surface area (Å²) in [6.45, 7) is 1.78. The largest absolute Gasteiger partial charge is 0.306 e. The van der Waals surface area contributed by atoms with E-state index in [2.05, 4.69) is 36.2 Å². The Balaban J connectivity index is 1.88. The van der Waals surface area contributed by atoms with Crippen LogP contribution in [-0.2, 0) is 0 Å². The average Bonchev–Trinajstić information content (AvgIpc) is 3.23. The average molecular weight is 333 g/mol. The maximum Gasteiger partial charge on any atom is 0.258 e. The smallest absolute Gasteiger partial charge is 0.258 e. The summed E-state index contributed by atoms with van der Waals surface area (Å²) in [5, 5.41) is 2.80. The van der Waals surface area contributed by atoms with Crippen LogP contribution in [0.2, 0.25) is 0 Å². The molecule has 3 rings (SSSR count). The van der Waals surface area contributed by atoms with E-state index in [0.29, 0.717) is 23.1 Å². The van der Waals surface area contributed by atoms with E-state index in [1.165, 1.54) is 0 Å². The Bertz CT molecular complexity index is 670. The van der Waals surface area contributed by atoms with E-state index in [1.807, 2.05) is 6.07 Å². The van der Waals surface area contributed by atoms with Crippen LogP contribution >= 0.6 is 15.9 Å². The number of pyridine rings is 1. The Kier molecular flexibility index (Phi) is 3.48. The maximum absolute atomic E-state index is 12.4. The van der Waals surface area contributed by atoms with Crippen LogP contribution in [0.5, 0.6) is 0 Å². The molecule has 1 fully saturated rings. The van der Waals surface area contributed by atoms with Crippen molar-refractivity contribution in [3.8, 4) is 0 Å². The van der Waals surface area contributed by atoms with Crippen LogP contribution in [-0.4, -0.2) is 20.9 Å². The van der Waals surface area contributed by atoms with Crippen LogP contribution in [0.15, 0.2) is 29.0 Å². The van der Waals surface area contributed by atoms with Crippen LogP contribution in [0.4, 0.5) is 5.82 Å². The lowest BCUT2D eigenvalue weighted by Crippen LogP contribution is -2.16. The number of nitrogens with one attached hydrogen (secondary N) is 1. The third-order valence-electron chi connectivity index (χ3n) is 3.11. The van der Waals surface area contributed by atoms with Crippen LogP contribution in [0.25, 0.3) is 0 Å². The third-order valence-corrected chi connectivity index (χ3v) is 3.55. The molecule has 0 aliphatic heterocycles. The first-order valence-corrected chi connectivity index (χ1v) is 7.19. The summed E-state index contributed by atoms with van der Waals surface area (Å²) >= 11 is 3.36. The number of amides is 1. The Morgan fingerprint density at radius 2 is 2.20 bits per heavy atom. The molecule has 1 aliphatic carbocycles. The molecule has 0 aromatic carbocycles. The monoisotopic (exact) mass is 332 g/mol. The van der Waals surface area contributed by atoms with Gasteiger partial charge in [0.15, 0.2) is 0 Å². The highest BCUT2D eigenvalue weighted by Crippen LogP contribution is 2.41. The molecule has 102 valence electrons. The van der Waals surface area contributed by atoms with Gasteiger partial charge in [-0.05, 0) is 47.8 Å². The topological polar surface area (TPSA) is 67.8 Å². The van der Waals surface area contributed by atoms with Gasteiger partial charge < -0.3 is 5.32 Å². The van der Waals surface area contributed by atoms with E-state index in [0.717, 1.165) is 23.0 Å². The minimum atomic E-state index is -0.182. The van der Waals surface area contributed by atoms with Gasteiger partial charge >= 0.3 is 0 Å². The van der Waals surface area contributed by atoms with Gasteiger partial charge in [-0.1, -0.05) is 0 Å². The molecule has 2 aromatic heterocycles. The summed E-state index contributed by atoms with van der Waals surface area (Å²) in [5.41, 5.74) is 1.48. The van der Waals surface area contributed by atoms with Crippen molar-refractivity contribution in [3.05, 3.63) is 46.1 Å². The number of nitrogens with zero attached hydrogens (tertiary/aromatic N) is 3. The van der Waals surface area contributed by atoms with Gasteiger partial charge in [-0.3, -0.25) is 9.78 Å². The summed E-state index contributed by atoms with van der Waals surface area (Å²) in [6, 6.07) is 3.48. The Labute approximate surface area is 125 Å². The quantitative estimate of drug-likeness (QED) is 0.937. The maximum atomic E-state index is 12.4. The highest BCUT2D eigenvalue weighted by Gasteiger charge is 2.29. The number of hydrogen-bond donors (Lipinski definition) is 1. The minimum Gasteiger partial charge on any atom is -0.306 e. The van der Waals surface area contributed by atoms with Crippen LogP contribution < -0.4 is 5.32 Å². The molecule has 6 heteroatoms. The fraction of sp³-hybridized carbons (Fsp3) is 0.286. The molecule has 20 heavy (non-hydrogen) atoms. The summed E-state index contributed by atoms with van der Waals surface area (Å²) in [6.07, 6.45) is 5.56. The Morgan fingerprint density at radius 1 is 1.40 bits per heavy atom. The van der Waals surface area contributed by atoms with E-state index >= 15 is 0 Å². The summed E-state index contributed by atoms with van der Waals surface area (Å²) in [4.78, 5) is 25.0. The zero-order chi connectivity index (χ0) is 14.1. The predicted octanol–water partition coefficient (Wildman–Crippen LogP) is 3.07. The van der Waals surface area contributed by atoms with Gasteiger partial charge in [-0.15, -0.1) is 0 Å². The lowest BCUT2D eigenvalue weighted by molar-refractivity contribution is 0.102. The minimum absolute atomic E-state index is 0.182. The van der Waals surface area contributed by atoms with Gasteiger partial charge in [0.05, 0.1) is 11.3 Å². The number of aromatic nitrogens is 3. The fourth-order valence-electron chi connectivity index (χ4n) is 2.02. The zero-order valence-electron chi connectivity index (χ0n) is 10.9. The summed E-state index contributed by atoms with van der Waals surface area (Å²) in [5.74, 6) is 1.36. The van der Waals surface area contributed by atoms with Gasteiger partial charge in [-0.2, -0.15) is 0 Å². The summed E-state index contributed by atoms with van der Waals surface area (Å²) < 4.78 is 0.797. The zero-order valence-corrected chi connectivity index (χ0v) is 12.5. The van der Waals surface area contributed by atoms with Gasteiger partial charge in [0.1, 0.15) is 11.6 Å². The standard InChI is InChI=1S/C14H13BrN4O/c1-8-16-5-4-12(18-8)19-14(20)11-6-10(15)7-17-13(11)9-2-3-9/h4-7,9H,2-3H2,1H3,(H,16,18,19,20). The molecule has 1 aliphatic rings. The molecule has 1 N–H and O–H groups in total. The molecular weight excluding hydrogens is 320 g/mol. The van der Waals surface area contributed by atoms with E-state index in [1.54, 1.807) is 25.4 Å². The predicted molar refractivity (Wildman–Crippen MR) is 78.6 cm³/mol. The van der Waals surface area contributed by atoms with Crippen molar-refractivity contribution >= 4 is 27.7 Å². The first kappa shape index (κ1) is 13.2. The number of carbonyl (C=O) groups excluding carboxylic acids is 1. The molecule has 5 nitrogen and oxygen atoms in total. The molecule has 1 saturated carbocycles. The lowest BCUT2D eigenvalue weighted by atomic mass is 10.1. The fourth-order valence-corrected chi connectivity index (χ4v) is 2.35. The molecule has 0 saturated heterocycles. The van der Waals surface area contributed by atoms with E-state index in [9.17, 15) is 4.79 Å². The van der Waals surface area contributed by atoms with E-state index in [4.69, 9.17) is 0 Å². The van der Waals surface area contributed by atoms with Gasteiger partial charge in [-0.25, -0.2) is 9.97 Å². The van der Waals surface area contributed by atoms with Crippen LogP contribution in [0, 0.1) is 6.92 Å². The third kappa shape index (κ3) is 2.85. The number of anilines is 1. The number of halogens is 1. The van der Waals surface area contributed by atoms with Crippen molar-refractivity contribution in [3.63, 3.8) is 0 Å². The molecule has 0 bridgehead atoms. The molecule has 2 aromatic rings. The molecule has 1 amide bonds. The van der Waals surface area contributed by atoms with Gasteiger partial charge in [0, 0.05) is 22.8 Å². The molecule has 0 unspecified atom stereocenters.